The van der Waals surface area contributed by atoms with Crippen molar-refractivity contribution in [1.82, 2.24) is 0 Å². The smallest absolute Gasteiger partial charge is 0.0948 e. The lowest BCUT2D eigenvalue weighted by atomic mass is 10.0. The summed E-state index contributed by atoms with van der Waals surface area (Å²) in [4.78, 5) is 0. The summed E-state index contributed by atoms with van der Waals surface area (Å²) in [6, 6.07) is 0. The van der Waals surface area contributed by atoms with Crippen LogP contribution in [0, 0.1) is 5.92 Å². The molecule has 1 rings (SSSR count). The molecule has 1 saturated heterocycles. The van der Waals surface area contributed by atoms with Gasteiger partial charge in [0.05, 0.1) is 25.6 Å². The van der Waals surface area contributed by atoms with Crippen molar-refractivity contribution in [2.75, 3.05) is 13.2 Å². The van der Waals surface area contributed by atoms with Crippen molar-refractivity contribution in [2.24, 2.45) is 5.92 Å². The van der Waals surface area contributed by atoms with Gasteiger partial charge >= 0.3 is 0 Å². The van der Waals surface area contributed by atoms with E-state index >= 15 is 0 Å². The molecule has 0 aromatic rings. The third kappa shape index (κ3) is 1.74. The SMILES string of the molecule is CC=COCC1COC1C. The van der Waals surface area contributed by atoms with Gasteiger partial charge in [0.15, 0.2) is 0 Å². The zero-order chi connectivity index (χ0) is 7.40. The fourth-order valence-corrected chi connectivity index (χ4v) is 0.884. The van der Waals surface area contributed by atoms with Crippen LogP contribution in [0.3, 0.4) is 0 Å². The van der Waals surface area contributed by atoms with Crippen LogP contribution in [-0.2, 0) is 9.47 Å². The van der Waals surface area contributed by atoms with Crippen LogP contribution in [0.25, 0.3) is 0 Å². The molecule has 2 unspecified atom stereocenters. The van der Waals surface area contributed by atoms with E-state index in [1.54, 1.807) is 6.26 Å². The molecule has 0 aromatic heterocycles. The van der Waals surface area contributed by atoms with Gasteiger partial charge in [-0.2, -0.15) is 0 Å². The van der Waals surface area contributed by atoms with Crippen LogP contribution >= 0.6 is 0 Å². The lowest BCUT2D eigenvalue weighted by Gasteiger charge is -2.33. The third-order valence-corrected chi connectivity index (χ3v) is 1.78. The van der Waals surface area contributed by atoms with Gasteiger partial charge in [-0.15, -0.1) is 0 Å². The van der Waals surface area contributed by atoms with Crippen LogP contribution in [0.15, 0.2) is 12.3 Å². The standard InChI is InChI=1S/C8H14O2/c1-3-4-9-5-8-6-10-7(8)2/h3-4,7-8H,5-6H2,1-2H3. The molecule has 58 valence electrons. The average Bonchev–Trinajstić information content (AvgIpc) is 1.95. The summed E-state index contributed by atoms with van der Waals surface area (Å²) in [6.45, 7) is 5.68. The van der Waals surface area contributed by atoms with Crippen molar-refractivity contribution in [1.29, 1.82) is 0 Å². The van der Waals surface area contributed by atoms with Crippen LogP contribution in [0.4, 0.5) is 0 Å². The minimum absolute atomic E-state index is 0.394. The third-order valence-electron chi connectivity index (χ3n) is 1.78. The molecule has 2 nitrogen and oxygen atoms in total. The van der Waals surface area contributed by atoms with Crippen molar-refractivity contribution >= 4 is 0 Å². The molecule has 0 bridgehead atoms. The average molecular weight is 142 g/mol. The molecule has 2 atom stereocenters. The van der Waals surface area contributed by atoms with E-state index in [1.165, 1.54) is 0 Å². The number of ether oxygens (including phenoxy) is 2. The molecule has 0 amide bonds. The molecule has 0 aromatic carbocycles. The fourth-order valence-electron chi connectivity index (χ4n) is 0.884. The summed E-state index contributed by atoms with van der Waals surface area (Å²) in [7, 11) is 0. The second-order valence-corrected chi connectivity index (χ2v) is 2.60. The predicted molar refractivity (Wildman–Crippen MR) is 39.7 cm³/mol. The number of hydrogen-bond donors (Lipinski definition) is 0. The highest BCUT2D eigenvalue weighted by atomic mass is 16.5. The molecule has 0 radical (unpaired) electrons. The Bertz CT molecular complexity index is 120. The number of rotatable bonds is 3. The Morgan fingerprint density at radius 1 is 1.70 bits per heavy atom. The zero-order valence-electron chi connectivity index (χ0n) is 6.54. The second-order valence-electron chi connectivity index (χ2n) is 2.60. The van der Waals surface area contributed by atoms with Crippen LogP contribution in [0.1, 0.15) is 13.8 Å². The minimum atomic E-state index is 0.394. The predicted octanol–water partition coefficient (Wildman–Crippen LogP) is 1.57. The highest BCUT2D eigenvalue weighted by Crippen LogP contribution is 2.19. The van der Waals surface area contributed by atoms with E-state index in [9.17, 15) is 0 Å². The maximum absolute atomic E-state index is 5.20. The maximum atomic E-state index is 5.20. The highest BCUT2D eigenvalue weighted by Gasteiger charge is 2.27. The van der Waals surface area contributed by atoms with Crippen molar-refractivity contribution in [3.8, 4) is 0 Å². The molecule has 1 aliphatic rings. The highest BCUT2D eigenvalue weighted by molar-refractivity contribution is 4.75. The molecule has 1 aliphatic heterocycles. The quantitative estimate of drug-likeness (QED) is 0.557. The normalized spacial score (nSPS) is 32.2. The summed E-state index contributed by atoms with van der Waals surface area (Å²) < 4.78 is 10.4. The monoisotopic (exact) mass is 142 g/mol. The van der Waals surface area contributed by atoms with Gasteiger partial charge in [0.1, 0.15) is 0 Å². The van der Waals surface area contributed by atoms with Crippen LogP contribution in [0.2, 0.25) is 0 Å². The summed E-state index contributed by atoms with van der Waals surface area (Å²) >= 11 is 0. The van der Waals surface area contributed by atoms with E-state index < -0.39 is 0 Å². The topological polar surface area (TPSA) is 18.5 Å². The number of hydrogen-bond acceptors (Lipinski definition) is 2. The van der Waals surface area contributed by atoms with Gasteiger partial charge < -0.3 is 9.47 Å². The Labute approximate surface area is 61.8 Å². The van der Waals surface area contributed by atoms with Crippen molar-refractivity contribution in [3.63, 3.8) is 0 Å². The molecule has 0 spiro atoms. The first-order chi connectivity index (χ1) is 4.84. The Hall–Kier alpha value is -0.500. The van der Waals surface area contributed by atoms with Gasteiger partial charge in [-0.25, -0.2) is 0 Å². The van der Waals surface area contributed by atoms with Crippen molar-refractivity contribution < 1.29 is 9.47 Å². The first-order valence-corrected chi connectivity index (χ1v) is 3.69. The molecule has 10 heavy (non-hydrogen) atoms. The van der Waals surface area contributed by atoms with E-state index in [-0.39, 0.29) is 0 Å². The van der Waals surface area contributed by atoms with Crippen LogP contribution < -0.4 is 0 Å². The molecular weight excluding hydrogens is 128 g/mol. The Balaban J connectivity index is 2.03. The van der Waals surface area contributed by atoms with E-state index in [0.717, 1.165) is 13.2 Å². The van der Waals surface area contributed by atoms with E-state index in [4.69, 9.17) is 9.47 Å². The van der Waals surface area contributed by atoms with Crippen LogP contribution in [0.5, 0.6) is 0 Å². The Kier molecular flexibility index (Phi) is 2.75. The summed E-state index contributed by atoms with van der Waals surface area (Å²) in [6.07, 6.45) is 4.01. The van der Waals surface area contributed by atoms with Crippen molar-refractivity contribution in [3.05, 3.63) is 12.3 Å². The first-order valence-electron chi connectivity index (χ1n) is 3.69. The molecule has 0 saturated carbocycles. The summed E-state index contributed by atoms with van der Waals surface area (Å²) in [5.74, 6) is 0.608. The molecule has 2 heteroatoms. The summed E-state index contributed by atoms with van der Waals surface area (Å²) in [5, 5.41) is 0. The van der Waals surface area contributed by atoms with E-state index in [2.05, 4.69) is 6.92 Å². The molecule has 0 N–H and O–H groups in total. The Morgan fingerprint density at radius 2 is 2.50 bits per heavy atom. The summed E-state index contributed by atoms with van der Waals surface area (Å²) in [5.41, 5.74) is 0. The maximum Gasteiger partial charge on any atom is 0.0948 e. The first kappa shape index (κ1) is 7.61. The van der Waals surface area contributed by atoms with Gasteiger partial charge in [0.25, 0.3) is 0 Å². The lowest BCUT2D eigenvalue weighted by molar-refractivity contribution is -0.121. The Morgan fingerprint density at radius 3 is 2.90 bits per heavy atom. The van der Waals surface area contributed by atoms with Crippen LogP contribution in [-0.4, -0.2) is 19.3 Å². The van der Waals surface area contributed by atoms with Gasteiger partial charge in [0, 0.05) is 5.92 Å². The van der Waals surface area contributed by atoms with Gasteiger partial charge in [-0.3, -0.25) is 0 Å². The van der Waals surface area contributed by atoms with Gasteiger partial charge in [-0.05, 0) is 13.8 Å². The zero-order valence-corrected chi connectivity index (χ0v) is 6.54. The molecule has 1 heterocycles. The number of allylic oxidation sites excluding steroid dienone is 1. The van der Waals surface area contributed by atoms with Gasteiger partial charge in [0.2, 0.25) is 0 Å². The lowest BCUT2D eigenvalue weighted by Crippen LogP contribution is -2.39. The largest absolute Gasteiger partial charge is 0.501 e. The minimum Gasteiger partial charge on any atom is -0.501 e. The molecular formula is C8H14O2. The van der Waals surface area contributed by atoms with Crippen molar-refractivity contribution in [2.45, 2.75) is 20.0 Å². The fraction of sp³-hybridized carbons (Fsp3) is 0.750. The molecule has 1 fully saturated rings. The molecule has 0 aliphatic carbocycles. The second kappa shape index (κ2) is 3.62. The van der Waals surface area contributed by atoms with E-state index in [0.29, 0.717) is 12.0 Å². The van der Waals surface area contributed by atoms with E-state index in [1.807, 2.05) is 13.0 Å². The van der Waals surface area contributed by atoms with Gasteiger partial charge in [-0.1, -0.05) is 6.08 Å².